The standard InChI is InChI=1S/C46H27N3S/c1-2-12-29(13-3-1)44-46(48-39-20-9-8-19-38(39)47-44)49-40-27-31-15-5-4-14-30(31)25-36(40)35-18-10-17-34(45(35)49)32-22-23-41-37(26-32)43-33-16-7-6-11-28(33)21-24-42(43)50-41/h1-27H. The molecule has 0 aliphatic carbocycles. The Labute approximate surface area is 291 Å². The Balaban J connectivity index is 1.29. The van der Waals surface area contributed by atoms with Gasteiger partial charge in [-0.05, 0) is 69.6 Å². The maximum atomic E-state index is 5.43. The SMILES string of the molecule is c1ccc(-c2nc3ccccc3nc2-n2c3cc4ccccc4cc3c3cccc(-c4ccc5sc6ccc7ccccc7c6c5c4)c32)cc1. The summed E-state index contributed by atoms with van der Waals surface area (Å²) in [6, 6.07) is 58.9. The van der Waals surface area contributed by atoms with E-state index in [9.17, 15) is 0 Å². The Morgan fingerprint density at radius 1 is 0.440 bits per heavy atom. The van der Waals surface area contributed by atoms with Gasteiger partial charge in [0.2, 0.25) is 0 Å². The molecule has 0 spiro atoms. The van der Waals surface area contributed by atoms with Crippen LogP contribution in [0, 0.1) is 0 Å². The molecule has 0 bridgehead atoms. The lowest BCUT2D eigenvalue weighted by atomic mass is 9.98. The highest BCUT2D eigenvalue weighted by molar-refractivity contribution is 7.26. The van der Waals surface area contributed by atoms with Crippen molar-refractivity contribution in [3.8, 4) is 28.2 Å². The van der Waals surface area contributed by atoms with E-state index < -0.39 is 0 Å². The van der Waals surface area contributed by atoms with E-state index >= 15 is 0 Å². The third-order valence-electron chi connectivity index (χ3n) is 10.1. The van der Waals surface area contributed by atoms with Crippen molar-refractivity contribution in [3.05, 3.63) is 164 Å². The normalized spacial score (nSPS) is 12.0. The zero-order chi connectivity index (χ0) is 32.8. The van der Waals surface area contributed by atoms with Crippen LogP contribution in [0.15, 0.2) is 164 Å². The fraction of sp³-hybridized carbons (Fsp3) is 0. The van der Waals surface area contributed by atoms with E-state index in [0.717, 1.165) is 39.1 Å². The second kappa shape index (κ2) is 10.6. The molecule has 11 aromatic rings. The van der Waals surface area contributed by atoms with Crippen LogP contribution in [-0.2, 0) is 0 Å². The number of aromatic nitrogens is 3. The molecule has 0 aliphatic heterocycles. The van der Waals surface area contributed by atoms with Crippen LogP contribution in [0.3, 0.4) is 0 Å². The molecule has 3 nitrogen and oxygen atoms in total. The van der Waals surface area contributed by atoms with Gasteiger partial charge in [0.05, 0.1) is 22.1 Å². The van der Waals surface area contributed by atoms with E-state index in [-0.39, 0.29) is 0 Å². The number of rotatable bonds is 3. The van der Waals surface area contributed by atoms with Crippen LogP contribution in [0.4, 0.5) is 0 Å². The molecule has 11 rings (SSSR count). The fourth-order valence-corrected chi connectivity index (χ4v) is 8.96. The van der Waals surface area contributed by atoms with Gasteiger partial charge in [-0.1, -0.05) is 121 Å². The molecule has 232 valence electrons. The Kier molecular flexibility index (Phi) is 5.83. The van der Waals surface area contributed by atoms with Crippen LogP contribution in [0.1, 0.15) is 0 Å². The van der Waals surface area contributed by atoms with Gasteiger partial charge in [0.25, 0.3) is 0 Å². The summed E-state index contributed by atoms with van der Waals surface area (Å²) in [5, 5.41) is 9.99. The van der Waals surface area contributed by atoms with Gasteiger partial charge in [0.1, 0.15) is 5.69 Å². The number of hydrogen-bond donors (Lipinski definition) is 0. The summed E-state index contributed by atoms with van der Waals surface area (Å²) in [5.74, 6) is 0.825. The lowest BCUT2D eigenvalue weighted by Gasteiger charge is -2.15. The quantitative estimate of drug-likeness (QED) is 0.190. The van der Waals surface area contributed by atoms with Gasteiger partial charge in [0.15, 0.2) is 5.82 Å². The largest absolute Gasteiger partial charge is 0.291 e. The summed E-state index contributed by atoms with van der Waals surface area (Å²) in [5.41, 5.74) is 8.22. The van der Waals surface area contributed by atoms with Gasteiger partial charge >= 0.3 is 0 Å². The fourth-order valence-electron chi connectivity index (χ4n) is 7.86. The predicted molar refractivity (Wildman–Crippen MR) is 213 cm³/mol. The molecule has 0 atom stereocenters. The van der Waals surface area contributed by atoms with Crippen LogP contribution >= 0.6 is 11.3 Å². The Hall–Kier alpha value is -6.36. The first kappa shape index (κ1) is 27.6. The zero-order valence-corrected chi connectivity index (χ0v) is 27.7. The van der Waals surface area contributed by atoms with E-state index in [4.69, 9.17) is 9.97 Å². The minimum absolute atomic E-state index is 0.825. The molecule has 0 amide bonds. The van der Waals surface area contributed by atoms with Crippen molar-refractivity contribution >= 4 is 85.9 Å². The Bertz CT molecular complexity index is 3150. The highest BCUT2D eigenvalue weighted by atomic mass is 32.1. The predicted octanol–water partition coefficient (Wildman–Crippen LogP) is 12.7. The summed E-state index contributed by atoms with van der Waals surface area (Å²) >= 11 is 1.87. The van der Waals surface area contributed by atoms with Crippen molar-refractivity contribution in [2.45, 2.75) is 0 Å². The topological polar surface area (TPSA) is 30.7 Å². The van der Waals surface area contributed by atoms with E-state index in [1.165, 1.54) is 63.6 Å². The average molecular weight is 654 g/mol. The molecule has 0 saturated heterocycles. The summed E-state index contributed by atoms with van der Waals surface area (Å²) < 4.78 is 4.99. The first-order valence-electron chi connectivity index (χ1n) is 16.9. The molecular formula is C46H27N3S. The van der Waals surface area contributed by atoms with Crippen molar-refractivity contribution in [1.82, 2.24) is 14.5 Å². The molecule has 0 fully saturated rings. The van der Waals surface area contributed by atoms with Crippen LogP contribution in [0.25, 0.3) is 103 Å². The number of hydrogen-bond acceptors (Lipinski definition) is 3. The maximum absolute atomic E-state index is 5.43. The molecule has 0 saturated carbocycles. The average Bonchev–Trinajstić information content (AvgIpc) is 3.72. The van der Waals surface area contributed by atoms with E-state index in [0.29, 0.717) is 0 Å². The monoisotopic (exact) mass is 653 g/mol. The number of nitrogens with zero attached hydrogens (tertiary/aromatic N) is 3. The summed E-state index contributed by atoms with van der Waals surface area (Å²) in [6.07, 6.45) is 0. The van der Waals surface area contributed by atoms with Gasteiger partial charge in [-0.15, -0.1) is 11.3 Å². The Morgan fingerprint density at radius 3 is 2.00 bits per heavy atom. The molecule has 0 aliphatic rings. The van der Waals surface area contributed by atoms with Gasteiger partial charge in [-0.2, -0.15) is 0 Å². The maximum Gasteiger partial charge on any atom is 0.165 e. The third kappa shape index (κ3) is 4.03. The summed E-state index contributed by atoms with van der Waals surface area (Å²) in [7, 11) is 0. The molecule has 4 heteroatoms. The van der Waals surface area contributed by atoms with E-state index in [1.54, 1.807) is 0 Å². The van der Waals surface area contributed by atoms with Crippen molar-refractivity contribution in [3.63, 3.8) is 0 Å². The van der Waals surface area contributed by atoms with E-state index in [1.807, 2.05) is 29.5 Å². The highest BCUT2D eigenvalue weighted by Crippen LogP contribution is 2.44. The second-order valence-electron chi connectivity index (χ2n) is 13.0. The number of thiophene rings is 1. The summed E-state index contributed by atoms with van der Waals surface area (Å²) in [4.78, 5) is 10.7. The molecule has 0 radical (unpaired) electrons. The van der Waals surface area contributed by atoms with Crippen LogP contribution in [0.5, 0.6) is 0 Å². The lowest BCUT2D eigenvalue weighted by molar-refractivity contribution is 1.08. The molecule has 0 unspecified atom stereocenters. The van der Waals surface area contributed by atoms with Crippen LogP contribution in [-0.4, -0.2) is 14.5 Å². The van der Waals surface area contributed by atoms with Crippen molar-refractivity contribution in [2.75, 3.05) is 0 Å². The van der Waals surface area contributed by atoms with Gasteiger partial charge < -0.3 is 0 Å². The van der Waals surface area contributed by atoms with Gasteiger partial charge in [-0.25, -0.2) is 9.97 Å². The first-order chi connectivity index (χ1) is 24.8. The number of para-hydroxylation sites is 3. The number of benzene rings is 8. The van der Waals surface area contributed by atoms with E-state index in [2.05, 4.69) is 150 Å². The molecular weight excluding hydrogens is 627 g/mol. The molecule has 0 N–H and O–H groups in total. The molecule has 3 heterocycles. The summed E-state index contributed by atoms with van der Waals surface area (Å²) in [6.45, 7) is 0. The lowest BCUT2D eigenvalue weighted by Crippen LogP contribution is -2.04. The first-order valence-corrected chi connectivity index (χ1v) is 17.7. The molecule has 50 heavy (non-hydrogen) atoms. The van der Waals surface area contributed by atoms with Gasteiger partial charge in [0, 0.05) is 42.1 Å². The van der Waals surface area contributed by atoms with Gasteiger partial charge in [-0.3, -0.25) is 4.57 Å². The van der Waals surface area contributed by atoms with Crippen LogP contribution in [0.2, 0.25) is 0 Å². The number of fused-ring (bicyclic) bond motifs is 10. The smallest absolute Gasteiger partial charge is 0.165 e. The Morgan fingerprint density at radius 2 is 1.14 bits per heavy atom. The minimum atomic E-state index is 0.825. The highest BCUT2D eigenvalue weighted by Gasteiger charge is 2.22. The van der Waals surface area contributed by atoms with Crippen molar-refractivity contribution < 1.29 is 0 Å². The zero-order valence-electron chi connectivity index (χ0n) is 26.8. The molecule has 3 aromatic heterocycles. The van der Waals surface area contributed by atoms with Crippen molar-refractivity contribution in [2.24, 2.45) is 0 Å². The second-order valence-corrected chi connectivity index (χ2v) is 14.1. The van der Waals surface area contributed by atoms with Crippen molar-refractivity contribution in [1.29, 1.82) is 0 Å². The third-order valence-corrected chi connectivity index (χ3v) is 11.3. The van der Waals surface area contributed by atoms with Crippen LogP contribution < -0.4 is 0 Å². The molecule has 8 aromatic carbocycles. The minimum Gasteiger partial charge on any atom is -0.291 e.